The molecule has 1 aliphatic rings. The van der Waals surface area contributed by atoms with Gasteiger partial charge < -0.3 is 4.74 Å². The van der Waals surface area contributed by atoms with Crippen LogP contribution < -0.4 is 11.3 Å². The number of benzene rings is 1. The molecule has 0 amide bonds. The van der Waals surface area contributed by atoms with Crippen LogP contribution in [0, 0.1) is 5.92 Å². The summed E-state index contributed by atoms with van der Waals surface area (Å²) in [4.78, 5) is 0. The number of halogens is 2. The van der Waals surface area contributed by atoms with Gasteiger partial charge >= 0.3 is 0 Å². The highest BCUT2D eigenvalue weighted by atomic mass is 35.5. The lowest BCUT2D eigenvalue weighted by Gasteiger charge is -2.33. The molecule has 1 heterocycles. The first-order chi connectivity index (χ1) is 9.16. The second-order valence-corrected chi connectivity index (χ2v) is 7.43. The summed E-state index contributed by atoms with van der Waals surface area (Å²) >= 11 is 12.3. The Morgan fingerprint density at radius 3 is 2.40 bits per heavy atom. The average molecular weight is 317 g/mol. The van der Waals surface area contributed by atoms with Gasteiger partial charge in [-0.05, 0) is 51.8 Å². The fourth-order valence-electron chi connectivity index (χ4n) is 3.30. The molecule has 1 aromatic carbocycles. The van der Waals surface area contributed by atoms with E-state index in [-0.39, 0.29) is 23.2 Å². The molecule has 1 aromatic rings. The fraction of sp³-hybridized carbons (Fsp3) is 0.600. The zero-order valence-electron chi connectivity index (χ0n) is 12.3. The van der Waals surface area contributed by atoms with Crippen LogP contribution in [-0.2, 0) is 4.74 Å². The normalized spacial score (nSPS) is 25.6. The lowest BCUT2D eigenvalue weighted by Crippen LogP contribution is -2.41. The van der Waals surface area contributed by atoms with E-state index in [1.54, 1.807) is 6.07 Å². The van der Waals surface area contributed by atoms with Crippen molar-refractivity contribution in [2.45, 2.75) is 51.4 Å². The van der Waals surface area contributed by atoms with Crippen LogP contribution in [0.15, 0.2) is 18.2 Å². The van der Waals surface area contributed by atoms with Gasteiger partial charge in [0, 0.05) is 16.0 Å². The van der Waals surface area contributed by atoms with E-state index in [4.69, 9.17) is 33.8 Å². The number of nitrogens with one attached hydrogen (secondary N) is 1. The summed E-state index contributed by atoms with van der Waals surface area (Å²) in [5.74, 6) is 6.03. The molecular weight excluding hydrogens is 295 g/mol. The van der Waals surface area contributed by atoms with Gasteiger partial charge in [-0.1, -0.05) is 29.3 Å². The van der Waals surface area contributed by atoms with Gasteiger partial charge in [0.2, 0.25) is 0 Å². The zero-order valence-corrected chi connectivity index (χ0v) is 13.8. The molecular formula is C15H22Cl2N2O. The van der Waals surface area contributed by atoms with Gasteiger partial charge in [0.15, 0.2) is 0 Å². The van der Waals surface area contributed by atoms with Crippen LogP contribution in [0.1, 0.15) is 45.7 Å². The van der Waals surface area contributed by atoms with E-state index < -0.39 is 0 Å². The number of hydrogen-bond acceptors (Lipinski definition) is 3. The summed E-state index contributed by atoms with van der Waals surface area (Å²) in [6.07, 6.45) is 0.911. The lowest BCUT2D eigenvalue weighted by atomic mass is 9.79. The molecule has 0 aromatic heterocycles. The topological polar surface area (TPSA) is 47.3 Å². The molecule has 1 aliphatic heterocycles. The molecule has 0 bridgehead atoms. The second kappa shape index (κ2) is 5.47. The van der Waals surface area contributed by atoms with E-state index in [0.29, 0.717) is 10.0 Å². The molecule has 0 saturated carbocycles. The standard InChI is InChI=1S/C15H22Cl2N2O/c1-14(2)8-11(15(3,4)20-14)13(19-18)10-6-5-9(16)7-12(10)17/h5-7,11,13,19H,8,18H2,1-4H3. The molecule has 3 nitrogen and oxygen atoms in total. The third-order valence-corrected chi connectivity index (χ3v) is 4.59. The van der Waals surface area contributed by atoms with Crippen molar-refractivity contribution >= 4 is 23.2 Å². The van der Waals surface area contributed by atoms with Crippen LogP contribution in [-0.4, -0.2) is 11.2 Å². The van der Waals surface area contributed by atoms with Gasteiger partial charge in [0.05, 0.1) is 17.2 Å². The minimum absolute atomic E-state index is 0.0726. The zero-order chi connectivity index (χ0) is 15.1. The van der Waals surface area contributed by atoms with Crippen LogP contribution in [0.5, 0.6) is 0 Å². The number of nitrogens with two attached hydrogens (primary N) is 1. The number of rotatable bonds is 3. The Labute approximate surface area is 130 Å². The van der Waals surface area contributed by atoms with E-state index in [0.717, 1.165) is 12.0 Å². The van der Waals surface area contributed by atoms with Crippen molar-refractivity contribution in [1.29, 1.82) is 0 Å². The number of ether oxygens (including phenoxy) is 1. The van der Waals surface area contributed by atoms with Crippen LogP contribution >= 0.6 is 23.2 Å². The van der Waals surface area contributed by atoms with E-state index in [1.807, 2.05) is 12.1 Å². The average Bonchev–Trinajstić information content (AvgIpc) is 2.51. The number of hydrazine groups is 1. The minimum atomic E-state index is -0.274. The second-order valence-electron chi connectivity index (χ2n) is 6.59. The third kappa shape index (κ3) is 3.12. The smallest absolute Gasteiger partial charge is 0.0681 e. The SMILES string of the molecule is CC1(C)CC(C(NN)c2ccc(Cl)cc2Cl)C(C)(C)O1. The summed E-state index contributed by atoms with van der Waals surface area (Å²) in [6, 6.07) is 5.44. The third-order valence-electron chi connectivity index (χ3n) is 4.02. The summed E-state index contributed by atoms with van der Waals surface area (Å²) in [6.45, 7) is 8.40. The van der Waals surface area contributed by atoms with Gasteiger partial charge in [0.1, 0.15) is 0 Å². The van der Waals surface area contributed by atoms with Gasteiger partial charge in [-0.15, -0.1) is 0 Å². The van der Waals surface area contributed by atoms with Crippen molar-refractivity contribution in [3.63, 3.8) is 0 Å². The Kier molecular flexibility index (Phi) is 4.39. The first kappa shape index (κ1) is 16.1. The maximum atomic E-state index is 6.32. The summed E-state index contributed by atoms with van der Waals surface area (Å²) < 4.78 is 6.15. The van der Waals surface area contributed by atoms with Gasteiger partial charge in [-0.3, -0.25) is 11.3 Å². The van der Waals surface area contributed by atoms with Gasteiger partial charge in [-0.2, -0.15) is 0 Å². The van der Waals surface area contributed by atoms with Crippen molar-refractivity contribution in [1.82, 2.24) is 5.43 Å². The molecule has 20 heavy (non-hydrogen) atoms. The van der Waals surface area contributed by atoms with Crippen molar-refractivity contribution in [3.05, 3.63) is 33.8 Å². The predicted octanol–water partition coefficient (Wildman–Crippen LogP) is 4.09. The lowest BCUT2D eigenvalue weighted by molar-refractivity contribution is -0.0778. The molecule has 112 valence electrons. The largest absolute Gasteiger partial charge is 0.369 e. The fourth-order valence-corrected chi connectivity index (χ4v) is 3.83. The molecule has 2 rings (SSSR count). The Morgan fingerprint density at radius 1 is 1.30 bits per heavy atom. The Morgan fingerprint density at radius 2 is 1.95 bits per heavy atom. The molecule has 1 saturated heterocycles. The van der Waals surface area contributed by atoms with E-state index in [1.165, 1.54) is 0 Å². The van der Waals surface area contributed by atoms with E-state index in [2.05, 4.69) is 33.1 Å². The quantitative estimate of drug-likeness (QED) is 0.652. The molecule has 0 spiro atoms. The summed E-state index contributed by atoms with van der Waals surface area (Å²) in [7, 11) is 0. The van der Waals surface area contributed by atoms with Crippen molar-refractivity contribution < 1.29 is 4.74 Å². The molecule has 3 N–H and O–H groups in total. The first-order valence-corrected chi connectivity index (χ1v) is 7.53. The molecule has 1 fully saturated rings. The van der Waals surface area contributed by atoms with Crippen LogP contribution in [0.2, 0.25) is 10.0 Å². The van der Waals surface area contributed by atoms with Crippen molar-refractivity contribution in [3.8, 4) is 0 Å². The highest BCUT2D eigenvalue weighted by Crippen LogP contribution is 2.48. The molecule has 2 atom stereocenters. The monoisotopic (exact) mass is 316 g/mol. The molecule has 2 unspecified atom stereocenters. The maximum Gasteiger partial charge on any atom is 0.0681 e. The molecule has 0 aliphatic carbocycles. The minimum Gasteiger partial charge on any atom is -0.369 e. The van der Waals surface area contributed by atoms with Crippen LogP contribution in [0.4, 0.5) is 0 Å². The van der Waals surface area contributed by atoms with Crippen molar-refractivity contribution in [2.75, 3.05) is 0 Å². The van der Waals surface area contributed by atoms with E-state index in [9.17, 15) is 0 Å². The van der Waals surface area contributed by atoms with Crippen molar-refractivity contribution in [2.24, 2.45) is 11.8 Å². The van der Waals surface area contributed by atoms with Gasteiger partial charge in [-0.25, -0.2) is 0 Å². The predicted molar refractivity (Wildman–Crippen MR) is 83.9 cm³/mol. The number of hydrogen-bond donors (Lipinski definition) is 2. The Balaban J connectivity index is 2.37. The summed E-state index contributed by atoms with van der Waals surface area (Å²) in [5, 5.41) is 1.25. The first-order valence-electron chi connectivity index (χ1n) is 6.77. The summed E-state index contributed by atoms with van der Waals surface area (Å²) in [5.41, 5.74) is 3.42. The molecule has 5 heteroatoms. The highest BCUT2D eigenvalue weighted by Gasteiger charge is 2.49. The Hall–Kier alpha value is -0.320. The van der Waals surface area contributed by atoms with Gasteiger partial charge in [0.25, 0.3) is 0 Å². The van der Waals surface area contributed by atoms with Crippen LogP contribution in [0.25, 0.3) is 0 Å². The molecule has 0 radical (unpaired) electrons. The van der Waals surface area contributed by atoms with E-state index >= 15 is 0 Å². The maximum absolute atomic E-state index is 6.32. The highest BCUT2D eigenvalue weighted by molar-refractivity contribution is 6.35. The van der Waals surface area contributed by atoms with Crippen LogP contribution in [0.3, 0.4) is 0 Å². The Bertz CT molecular complexity index is 503.